The third-order valence-electron chi connectivity index (χ3n) is 1.98. The number of thiophene rings is 1. The second-order valence-corrected chi connectivity index (χ2v) is 6.48. The number of aryl methyl sites for hydroxylation is 1. The molecule has 0 atom stereocenters. The molecule has 0 N–H and O–H groups in total. The first-order chi connectivity index (χ1) is 8.60. The van der Waals surface area contributed by atoms with Gasteiger partial charge in [-0.3, -0.25) is 0 Å². The van der Waals surface area contributed by atoms with Crippen LogP contribution in [-0.2, 0) is 17.8 Å². The largest absolute Gasteiger partial charge is 0.451 e. The Morgan fingerprint density at radius 3 is 2.72 bits per heavy atom. The van der Waals surface area contributed by atoms with Crippen LogP contribution in [0.15, 0.2) is 18.7 Å². The van der Waals surface area contributed by atoms with E-state index >= 15 is 0 Å². The molecule has 0 aromatic carbocycles. The van der Waals surface area contributed by atoms with Gasteiger partial charge >= 0.3 is 5.97 Å². The zero-order valence-corrected chi connectivity index (χ0v) is 13.3. The molecule has 2 rings (SSSR count). The number of nitrogens with zero attached hydrogens (tertiary/aromatic N) is 2. The van der Waals surface area contributed by atoms with Gasteiger partial charge in [0.15, 0.2) is 6.61 Å². The molecule has 0 bridgehead atoms. The van der Waals surface area contributed by atoms with Gasteiger partial charge in [-0.05, 0) is 37.9 Å². The van der Waals surface area contributed by atoms with Gasteiger partial charge in [-0.2, -0.15) is 0 Å². The normalized spacial score (nSPS) is 10.6. The van der Waals surface area contributed by atoms with Gasteiger partial charge in [-0.15, -0.1) is 21.5 Å². The summed E-state index contributed by atoms with van der Waals surface area (Å²) in [6, 6.07) is 1.70. The lowest BCUT2D eigenvalue weighted by Crippen LogP contribution is -2.03. The van der Waals surface area contributed by atoms with Gasteiger partial charge in [0.1, 0.15) is 4.88 Å². The number of esters is 1. The first-order valence-corrected chi connectivity index (χ1v) is 7.43. The monoisotopic (exact) mass is 394 g/mol. The topological polar surface area (TPSA) is 65.2 Å². The second kappa shape index (κ2) is 5.94. The molecule has 2 aromatic heterocycles. The average Bonchev–Trinajstić information content (AvgIpc) is 2.94. The lowest BCUT2D eigenvalue weighted by Gasteiger charge is -1.98. The van der Waals surface area contributed by atoms with Gasteiger partial charge in [0.05, 0.1) is 3.79 Å². The van der Waals surface area contributed by atoms with Crippen molar-refractivity contribution in [3.05, 3.63) is 31.0 Å². The molecule has 2 aromatic rings. The van der Waals surface area contributed by atoms with E-state index in [1.165, 1.54) is 11.3 Å². The van der Waals surface area contributed by atoms with Crippen LogP contribution in [0.25, 0.3) is 0 Å². The third-order valence-corrected chi connectivity index (χ3v) is 5.22. The zero-order valence-electron chi connectivity index (χ0n) is 9.27. The first kappa shape index (κ1) is 13.7. The Labute approximate surface area is 124 Å². The van der Waals surface area contributed by atoms with Crippen molar-refractivity contribution >= 4 is 49.2 Å². The van der Waals surface area contributed by atoms with Crippen molar-refractivity contribution in [1.82, 2.24) is 10.2 Å². The Bertz CT molecular complexity index is 548. The molecule has 0 aliphatic heterocycles. The molecule has 0 aliphatic carbocycles. The maximum atomic E-state index is 11.7. The van der Waals surface area contributed by atoms with Crippen LogP contribution in [0.4, 0.5) is 0 Å². The van der Waals surface area contributed by atoms with Crippen molar-refractivity contribution < 1.29 is 13.9 Å². The standard InChI is InChI=1S/C10H8Br2N2O3S/c1-2-7-13-14-8(17-7)4-16-10(15)6-3-5(11)9(12)18-6/h3H,2,4H2,1H3. The van der Waals surface area contributed by atoms with Crippen molar-refractivity contribution in [3.63, 3.8) is 0 Å². The smallest absolute Gasteiger partial charge is 0.348 e. The number of ether oxygens (including phenoxy) is 1. The Hall–Kier alpha value is -0.730. The van der Waals surface area contributed by atoms with Crippen LogP contribution < -0.4 is 0 Å². The quantitative estimate of drug-likeness (QED) is 0.740. The summed E-state index contributed by atoms with van der Waals surface area (Å²) in [6.07, 6.45) is 0.658. The van der Waals surface area contributed by atoms with Crippen LogP contribution in [-0.4, -0.2) is 16.2 Å². The minimum absolute atomic E-state index is 0.0149. The van der Waals surface area contributed by atoms with Crippen molar-refractivity contribution in [1.29, 1.82) is 0 Å². The summed E-state index contributed by atoms with van der Waals surface area (Å²) < 4.78 is 12.0. The highest BCUT2D eigenvalue weighted by atomic mass is 79.9. The van der Waals surface area contributed by atoms with E-state index in [0.29, 0.717) is 23.1 Å². The summed E-state index contributed by atoms with van der Waals surface area (Å²) in [7, 11) is 0. The molecule has 8 heteroatoms. The van der Waals surface area contributed by atoms with Crippen LogP contribution in [0.3, 0.4) is 0 Å². The number of rotatable bonds is 4. The SMILES string of the molecule is CCc1nnc(COC(=O)c2cc(Br)c(Br)s2)o1. The molecule has 0 spiro atoms. The average molecular weight is 396 g/mol. The summed E-state index contributed by atoms with van der Waals surface area (Å²) in [5.41, 5.74) is 0. The molecular weight excluding hydrogens is 388 g/mol. The van der Waals surface area contributed by atoms with Crippen molar-refractivity contribution in [2.24, 2.45) is 0 Å². The molecule has 0 saturated carbocycles. The van der Waals surface area contributed by atoms with E-state index in [2.05, 4.69) is 42.1 Å². The summed E-state index contributed by atoms with van der Waals surface area (Å²) in [5.74, 6) is 0.417. The minimum Gasteiger partial charge on any atom is -0.451 e. The van der Waals surface area contributed by atoms with Crippen LogP contribution in [0.5, 0.6) is 0 Å². The molecule has 0 fully saturated rings. The molecule has 0 radical (unpaired) electrons. The van der Waals surface area contributed by atoms with Crippen LogP contribution >= 0.6 is 43.2 Å². The number of hydrogen-bond acceptors (Lipinski definition) is 6. The predicted octanol–water partition coefficient (Wildman–Crippen LogP) is 3.58. The number of halogens is 2. The van der Waals surface area contributed by atoms with E-state index in [-0.39, 0.29) is 6.61 Å². The molecular formula is C10H8Br2N2O3S. The molecule has 0 amide bonds. The highest BCUT2D eigenvalue weighted by molar-refractivity contribution is 9.13. The molecule has 0 unspecified atom stereocenters. The van der Waals surface area contributed by atoms with E-state index in [9.17, 15) is 4.79 Å². The number of hydrogen-bond donors (Lipinski definition) is 0. The fourth-order valence-corrected chi connectivity index (χ4v) is 3.06. The Balaban J connectivity index is 1.95. The fourth-order valence-electron chi connectivity index (χ4n) is 1.14. The summed E-state index contributed by atoms with van der Waals surface area (Å²) in [4.78, 5) is 12.2. The summed E-state index contributed by atoms with van der Waals surface area (Å²) in [6.45, 7) is 1.89. The Kier molecular flexibility index (Phi) is 4.52. The van der Waals surface area contributed by atoms with E-state index in [1.54, 1.807) is 6.07 Å². The zero-order chi connectivity index (χ0) is 13.1. The van der Waals surface area contributed by atoms with Gasteiger partial charge < -0.3 is 9.15 Å². The molecule has 5 nitrogen and oxygen atoms in total. The van der Waals surface area contributed by atoms with E-state index in [4.69, 9.17) is 9.15 Å². The van der Waals surface area contributed by atoms with Gasteiger partial charge in [-0.25, -0.2) is 4.79 Å². The third kappa shape index (κ3) is 3.18. The molecule has 0 aliphatic rings. The number of carbonyl (C=O) groups excluding carboxylic acids is 1. The Morgan fingerprint density at radius 2 is 2.17 bits per heavy atom. The lowest BCUT2D eigenvalue weighted by atomic mass is 10.5. The fraction of sp³-hybridized carbons (Fsp3) is 0.300. The number of aromatic nitrogens is 2. The van der Waals surface area contributed by atoms with E-state index < -0.39 is 5.97 Å². The molecule has 96 valence electrons. The van der Waals surface area contributed by atoms with E-state index in [0.717, 1.165) is 8.26 Å². The van der Waals surface area contributed by atoms with Crippen LogP contribution in [0.2, 0.25) is 0 Å². The molecule has 2 heterocycles. The van der Waals surface area contributed by atoms with Gasteiger partial charge in [0, 0.05) is 10.9 Å². The highest BCUT2D eigenvalue weighted by Crippen LogP contribution is 2.32. The van der Waals surface area contributed by atoms with Crippen LogP contribution in [0.1, 0.15) is 28.4 Å². The second-order valence-electron chi connectivity index (χ2n) is 3.25. The Morgan fingerprint density at radius 1 is 1.44 bits per heavy atom. The highest BCUT2D eigenvalue weighted by Gasteiger charge is 2.15. The lowest BCUT2D eigenvalue weighted by molar-refractivity contribution is 0.0442. The van der Waals surface area contributed by atoms with Crippen molar-refractivity contribution in [2.75, 3.05) is 0 Å². The maximum Gasteiger partial charge on any atom is 0.348 e. The van der Waals surface area contributed by atoms with Crippen molar-refractivity contribution in [2.45, 2.75) is 20.0 Å². The summed E-state index contributed by atoms with van der Waals surface area (Å²) in [5, 5.41) is 7.55. The van der Waals surface area contributed by atoms with Crippen molar-refractivity contribution in [3.8, 4) is 0 Å². The summed E-state index contributed by atoms with van der Waals surface area (Å²) >= 11 is 7.92. The van der Waals surface area contributed by atoms with Gasteiger partial charge in [-0.1, -0.05) is 6.92 Å². The van der Waals surface area contributed by atoms with E-state index in [1.807, 2.05) is 6.92 Å². The van der Waals surface area contributed by atoms with Gasteiger partial charge in [0.2, 0.25) is 5.89 Å². The van der Waals surface area contributed by atoms with Gasteiger partial charge in [0.25, 0.3) is 5.89 Å². The maximum absolute atomic E-state index is 11.7. The predicted molar refractivity (Wildman–Crippen MR) is 72.5 cm³/mol. The number of carbonyl (C=O) groups is 1. The first-order valence-electron chi connectivity index (χ1n) is 5.03. The molecule has 18 heavy (non-hydrogen) atoms. The molecule has 0 saturated heterocycles. The van der Waals surface area contributed by atoms with Crippen LogP contribution in [0, 0.1) is 0 Å². The minimum atomic E-state index is -0.414.